The highest BCUT2D eigenvalue weighted by Crippen LogP contribution is 2.24. The van der Waals surface area contributed by atoms with Crippen LogP contribution in [0.3, 0.4) is 0 Å². The zero-order valence-corrected chi connectivity index (χ0v) is 19.9. The number of hydrogen-bond donors (Lipinski definition) is 4. The van der Waals surface area contributed by atoms with Gasteiger partial charge in [-0.15, -0.1) is 0 Å². The summed E-state index contributed by atoms with van der Waals surface area (Å²) in [7, 11) is 4.92. The van der Waals surface area contributed by atoms with Crippen molar-refractivity contribution in [2.24, 2.45) is 23.3 Å². The zero-order chi connectivity index (χ0) is 23.4. The van der Waals surface area contributed by atoms with Crippen molar-refractivity contribution in [2.75, 3.05) is 25.7 Å². The predicted octanol–water partition coefficient (Wildman–Crippen LogP) is -0.350. The highest BCUT2D eigenvalue weighted by atomic mass is 33.1. The molecule has 0 aromatic carbocycles. The van der Waals surface area contributed by atoms with Gasteiger partial charge in [-0.1, -0.05) is 49.3 Å². The molecule has 0 heterocycles. The standard InChI is InChI=1S/C18H34N4O6S2/c1-9(2)13(19)15(23)21-11(17(25)27-5)7-29-30-8-12(18(26)28-6)22-16(24)14(20)10(3)4/h9-14H,7-8,19-20H2,1-6H3,(H,21,23)(H,22,24)/t11-,12-,13+,14+/m1/s1. The van der Waals surface area contributed by atoms with Crippen LogP contribution in [0.15, 0.2) is 0 Å². The Kier molecular flexibility index (Phi) is 13.8. The predicted molar refractivity (Wildman–Crippen MR) is 118 cm³/mol. The molecule has 12 heteroatoms. The Morgan fingerprint density at radius 3 is 1.27 bits per heavy atom. The first kappa shape index (κ1) is 28.5. The summed E-state index contributed by atoms with van der Waals surface area (Å²) in [5.74, 6) is -1.93. The Morgan fingerprint density at radius 1 is 0.733 bits per heavy atom. The largest absolute Gasteiger partial charge is 0.467 e. The van der Waals surface area contributed by atoms with Crippen molar-refractivity contribution in [3.05, 3.63) is 0 Å². The van der Waals surface area contributed by atoms with Crippen molar-refractivity contribution in [3.63, 3.8) is 0 Å². The third-order valence-corrected chi connectivity index (χ3v) is 6.62. The first-order chi connectivity index (χ1) is 14.0. The molecular formula is C18H34N4O6S2. The van der Waals surface area contributed by atoms with Crippen LogP contribution in [0.4, 0.5) is 0 Å². The van der Waals surface area contributed by atoms with Gasteiger partial charge in [0, 0.05) is 11.5 Å². The number of nitrogens with two attached hydrogens (primary N) is 2. The fraction of sp³-hybridized carbons (Fsp3) is 0.778. The third kappa shape index (κ3) is 10.0. The van der Waals surface area contributed by atoms with E-state index in [0.29, 0.717) is 0 Å². The van der Waals surface area contributed by atoms with Gasteiger partial charge in [0.15, 0.2) is 0 Å². The summed E-state index contributed by atoms with van der Waals surface area (Å²) in [6, 6.07) is -3.30. The Morgan fingerprint density at radius 2 is 1.03 bits per heavy atom. The number of rotatable bonds is 13. The average Bonchev–Trinajstić information content (AvgIpc) is 2.71. The number of ether oxygens (including phenoxy) is 2. The monoisotopic (exact) mass is 466 g/mol. The molecule has 4 atom stereocenters. The summed E-state index contributed by atoms with van der Waals surface area (Å²) in [5, 5.41) is 5.16. The molecule has 0 spiro atoms. The van der Waals surface area contributed by atoms with Gasteiger partial charge in [0.25, 0.3) is 0 Å². The van der Waals surface area contributed by atoms with Crippen molar-refractivity contribution in [3.8, 4) is 0 Å². The van der Waals surface area contributed by atoms with E-state index in [1.807, 2.05) is 0 Å². The quantitative estimate of drug-likeness (QED) is 0.160. The van der Waals surface area contributed by atoms with Crippen LogP contribution < -0.4 is 22.1 Å². The molecule has 0 aromatic heterocycles. The molecule has 10 nitrogen and oxygen atoms in total. The molecule has 2 amide bonds. The number of esters is 2. The van der Waals surface area contributed by atoms with E-state index in [-0.39, 0.29) is 23.3 Å². The van der Waals surface area contributed by atoms with Crippen LogP contribution in [-0.4, -0.2) is 73.6 Å². The SMILES string of the molecule is COC(=O)[C@@H](CSSC[C@@H](NC(=O)[C@@H](N)C(C)C)C(=O)OC)NC(=O)[C@@H](N)C(C)C. The second-order valence-electron chi connectivity index (χ2n) is 7.28. The molecule has 174 valence electrons. The Balaban J connectivity index is 4.81. The molecule has 0 aromatic rings. The first-order valence-electron chi connectivity index (χ1n) is 9.48. The van der Waals surface area contributed by atoms with E-state index in [1.54, 1.807) is 27.7 Å². The van der Waals surface area contributed by atoms with Gasteiger partial charge in [0.1, 0.15) is 12.1 Å². The molecule has 0 radical (unpaired) electrons. The molecule has 6 N–H and O–H groups in total. The lowest BCUT2D eigenvalue weighted by molar-refractivity contribution is -0.145. The van der Waals surface area contributed by atoms with Crippen LogP contribution >= 0.6 is 21.6 Å². The molecule has 0 aliphatic carbocycles. The Hall–Kier alpha value is -1.50. The van der Waals surface area contributed by atoms with E-state index in [9.17, 15) is 19.2 Å². The number of nitrogens with one attached hydrogen (secondary N) is 2. The van der Waals surface area contributed by atoms with E-state index >= 15 is 0 Å². The molecule has 30 heavy (non-hydrogen) atoms. The summed E-state index contributed by atoms with van der Waals surface area (Å²) < 4.78 is 9.45. The maximum atomic E-state index is 12.1. The fourth-order valence-electron chi connectivity index (χ4n) is 2.00. The van der Waals surface area contributed by atoms with Crippen molar-refractivity contribution >= 4 is 45.3 Å². The Labute approximate surface area is 185 Å². The number of carbonyl (C=O) groups excluding carboxylic acids is 4. The maximum absolute atomic E-state index is 12.1. The van der Waals surface area contributed by atoms with E-state index in [2.05, 4.69) is 10.6 Å². The number of methoxy groups -OCH3 is 2. The summed E-state index contributed by atoms with van der Waals surface area (Å²) >= 11 is 0. The smallest absolute Gasteiger partial charge is 0.329 e. The second kappa shape index (κ2) is 14.5. The molecule has 0 aliphatic rings. The summed E-state index contributed by atoms with van der Waals surface area (Å²) in [6.45, 7) is 7.20. The fourth-order valence-corrected chi connectivity index (χ4v) is 4.29. The number of hydrogen-bond acceptors (Lipinski definition) is 10. The lowest BCUT2D eigenvalue weighted by Gasteiger charge is -2.22. The van der Waals surface area contributed by atoms with Gasteiger partial charge in [-0.05, 0) is 11.8 Å². The lowest BCUT2D eigenvalue weighted by Crippen LogP contribution is -2.51. The summed E-state index contributed by atoms with van der Waals surface area (Å²) in [5.41, 5.74) is 11.6. The van der Waals surface area contributed by atoms with Gasteiger partial charge >= 0.3 is 11.9 Å². The van der Waals surface area contributed by atoms with Crippen molar-refractivity contribution in [1.29, 1.82) is 0 Å². The van der Waals surface area contributed by atoms with Crippen LogP contribution in [0.5, 0.6) is 0 Å². The summed E-state index contributed by atoms with van der Waals surface area (Å²) in [6.07, 6.45) is 0. The normalized spacial score (nSPS) is 15.1. The molecule has 0 fully saturated rings. The van der Waals surface area contributed by atoms with E-state index in [1.165, 1.54) is 35.8 Å². The molecule has 0 unspecified atom stereocenters. The molecule has 0 aliphatic heterocycles. The lowest BCUT2D eigenvalue weighted by atomic mass is 10.0. The first-order valence-corrected chi connectivity index (χ1v) is 12.0. The van der Waals surface area contributed by atoms with E-state index in [0.717, 1.165) is 0 Å². The van der Waals surface area contributed by atoms with Crippen molar-refractivity contribution in [2.45, 2.75) is 51.9 Å². The van der Waals surface area contributed by atoms with Gasteiger partial charge in [-0.25, -0.2) is 9.59 Å². The van der Waals surface area contributed by atoms with Crippen molar-refractivity contribution in [1.82, 2.24) is 10.6 Å². The number of carbonyl (C=O) groups is 4. The van der Waals surface area contributed by atoms with Crippen LogP contribution in [0.1, 0.15) is 27.7 Å². The maximum Gasteiger partial charge on any atom is 0.329 e. The van der Waals surface area contributed by atoms with Crippen LogP contribution in [0.2, 0.25) is 0 Å². The van der Waals surface area contributed by atoms with E-state index in [4.69, 9.17) is 20.9 Å². The minimum absolute atomic E-state index is 0.0908. The number of amides is 2. The molecule has 0 saturated heterocycles. The van der Waals surface area contributed by atoms with Crippen LogP contribution in [-0.2, 0) is 28.7 Å². The van der Waals surface area contributed by atoms with Gasteiger partial charge < -0.3 is 31.6 Å². The van der Waals surface area contributed by atoms with Crippen LogP contribution in [0, 0.1) is 11.8 Å². The molecule has 0 bridgehead atoms. The van der Waals surface area contributed by atoms with Gasteiger partial charge in [-0.2, -0.15) is 0 Å². The highest BCUT2D eigenvalue weighted by Gasteiger charge is 2.28. The molecule has 0 rings (SSSR count). The minimum Gasteiger partial charge on any atom is -0.467 e. The summed E-state index contributed by atoms with van der Waals surface area (Å²) in [4.78, 5) is 48.2. The van der Waals surface area contributed by atoms with Gasteiger partial charge in [0.2, 0.25) is 11.8 Å². The second-order valence-corrected chi connectivity index (χ2v) is 9.83. The van der Waals surface area contributed by atoms with Gasteiger partial charge in [-0.3, -0.25) is 9.59 Å². The molecular weight excluding hydrogens is 432 g/mol. The minimum atomic E-state index is -0.898. The van der Waals surface area contributed by atoms with Crippen molar-refractivity contribution < 1.29 is 28.7 Å². The molecule has 0 saturated carbocycles. The average molecular weight is 467 g/mol. The van der Waals surface area contributed by atoms with Crippen LogP contribution in [0.25, 0.3) is 0 Å². The topological polar surface area (TPSA) is 163 Å². The van der Waals surface area contributed by atoms with Gasteiger partial charge in [0.05, 0.1) is 26.3 Å². The Bertz CT molecular complexity index is 541. The van der Waals surface area contributed by atoms with E-state index < -0.39 is 47.9 Å². The highest BCUT2D eigenvalue weighted by molar-refractivity contribution is 8.76. The zero-order valence-electron chi connectivity index (χ0n) is 18.3. The third-order valence-electron chi connectivity index (χ3n) is 4.20.